The van der Waals surface area contributed by atoms with Crippen molar-refractivity contribution >= 4 is 17.6 Å². The van der Waals surface area contributed by atoms with Crippen molar-refractivity contribution in [3.05, 3.63) is 35.7 Å². The first-order valence-electron chi connectivity index (χ1n) is 6.72. The second-order valence-electron chi connectivity index (χ2n) is 5.14. The molecule has 0 unspecified atom stereocenters. The van der Waals surface area contributed by atoms with Gasteiger partial charge in [0.2, 0.25) is 0 Å². The number of carbonyl (C=O) groups excluding carboxylic acids is 2. The summed E-state index contributed by atoms with van der Waals surface area (Å²) in [7, 11) is 2.84. The summed E-state index contributed by atoms with van der Waals surface area (Å²) in [5, 5.41) is 6.43. The van der Waals surface area contributed by atoms with Crippen LogP contribution in [-0.2, 0) is 15.8 Å². The van der Waals surface area contributed by atoms with Crippen molar-refractivity contribution in [2.75, 3.05) is 19.4 Å². The number of nitrogens with zero attached hydrogens (tertiary/aromatic N) is 4. The van der Waals surface area contributed by atoms with Crippen LogP contribution in [0.4, 0.5) is 19.0 Å². The molecule has 0 aliphatic heterocycles. The number of halogens is 3. The Morgan fingerprint density at radius 1 is 1.25 bits per heavy atom. The van der Waals surface area contributed by atoms with Crippen molar-refractivity contribution < 1.29 is 22.8 Å². The Bertz CT molecular complexity index is 766. The van der Waals surface area contributed by atoms with Gasteiger partial charge in [-0.25, -0.2) is 4.98 Å². The third-order valence-electron chi connectivity index (χ3n) is 2.97. The van der Waals surface area contributed by atoms with Gasteiger partial charge in [0, 0.05) is 26.4 Å². The minimum Gasteiger partial charge on any atom is -0.341 e. The van der Waals surface area contributed by atoms with Gasteiger partial charge in [0.1, 0.15) is 5.82 Å². The number of nitrogens with one attached hydrogen (secondary N) is 1. The maximum atomic E-state index is 12.6. The molecule has 0 saturated carbocycles. The van der Waals surface area contributed by atoms with E-state index in [1.807, 2.05) is 0 Å². The molecule has 128 valence electrons. The van der Waals surface area contributed by atoms with Crippen LogP contribution in [0.15, 0.2) is 24.4 Å². The molecule has 0 radical (unpaired) electrons. The largest absolute Gasteiger partial charge is 0.417 e. The smallest absolute Gasteiger partial charge is 0.341 e. The fraction of sp³-hybridized carbons (Fsp3) is 0.286. The monoisotopic (exact) mass is 341 g/mol. The van der Waals surface area contributed by atoms with Crippen LogP contribution in [0.1, 0.15) is 11.3 Å². The van der Waals surface area contributed by atoms with E-state index in [-0.39, 0.29) is 11.6 Å². The molecule has 0 spiro atoms. The lowest BCUT2D eigenvalue weighted by atomic mass is 10.3. The summed E-state index contributed by atoms with van der Waals surface area (Å²) >= 11 is 0. The Morgan fingerprint density at radius 2 is 1.92 bits per heavy atom. The molecule has 0 atom stereocenters. The number of hydrogen-bond acceptors (Lipinski definition) is 4. The van der Waals surface area contributed by atoms with Gasteiger partial charge in [-0.2, -0.15) is 23.0 Å². The van der Waals surface area contributed by atoms with E-state index in [9.17, 15) is 22.8 Å². The number of alkyl halides is 3. The number of aryl methyl sites for hydroxylation is 1. The summed E-state index contributed by atoms with van der Waals surface area (Å²) in [6, 6.07) is 3.45. The molecule has 24 heavy (non-hydrogen) atoms. The fourth-order valence-electron chi connectivity index (χ4n) is 1.82. The van der Waals surface area contributed by atoms with Crippen molar-refractivity contribution in [2.24, 2.45) is 0 Å². The Hall–Kier alpha value is -2.91. The quantitative estimate of drug-likeness (QED) is 0.842. The Kier molecular flexibility index (Phi) is 4.58. The molecule has 2 aromatic heterocycles. The molecule has 2 rings (SSSR count). The molecule has 0 aliphatic rings. The molecule has 1 N–H and O–H groups in total. The van der Waals surface area contributed by atoms with Gasteiger partial charge in [-0.15, -0.1) is 0 Å². The Morgan fingerprint density at radius 3 is 2.42 bits per heavy atom. The zero-order valence-corrected chi connectivity index (χ0v) is 13.0. The highest BCUT2D eigenvalue weighted by molar-refractivity contribution is 6.39. The van der Waals surface area contributed by atoms with Crippen LogP contribution >= 0.6 is 0 Å². The third-order valence-corrected chi connectivity index (χ3v) is 2.97. The highest BCUT2D eigenvalue weighted by Gasteiger charge is 2.31. The normalized spacial score (nSPS) is 11.2. The van der Waals surface area contributed by atoms with Crippen LogP contribution in [0.3, 0.4) is 0 Å². The minimum atomic E-state index is -4.50. The maximum Gasteiger partial charge on any atom is 0.417 e. The zero-order valence-electron chi connectivity index (χ0n) is 13.0. The van der Waals surface area contributed by atoms with Crippen molar-refractivity contribution in [2.45, 2.75) is 13.1 Å². The predicted molar refractivity (Wildman–Crippen MR) is 78.4 cm³/mol. The number of amides is 2. The average molecular weight is 341 g/mol. The number of aromatic nitrogens is 3. The van der Waals surface area contributed by atoms with Crippen molar-refractivity contribution in [1.82, 2.24) is 19.7 Å². The Balaban J connectivity index is 2.32. The van der Waals surface area contributed by atoms with Crippen LogP contribution < -0.4 is 5.32 Å². The average Bonchev–Trinajstić information content (AvgIpc) is 2.86. The molecule has 2 aromatic rings. The lowest BCUT2D eigenvalue weighted by molar-refractivity contribution is -0.141. The number of likely N-dealkylation sites (N-methyl/N-ethyl adjacent to an activating group) is 1. The second-order valence-corrected chi connectivity index (χ2v) is 5.14. The standard InChI is InChI=1S/C14H14F3N5O2/c1-8-6-11(19-12(23)13(24)21(2)3)22(20-8)10-5-4-9(7-18-10)14(15,16)17/h4-7H,1-3H3,(H,19,23). The first-order chi connectivity index (χ1) is 11.1. The van der Waals surface area contributed by atoms with Gasteiger partial charge in [0.05, 0.1) is 11.3 Å². The first kappa shape index (κ1) is 17.4. The van der Waals surface area contributed by atoms with E-state index in [1.165, 1.54) is 20.2 Å². The first-order valence-corrected chi connectivity index (χ1v) is 6.72. The van der Waals surface area contributed by atoms with Crippen molar-refractivity contribution in [3.8, 4) is 5.82 Å². The number of carbonyl (C=O) groups is 2. The maximum absolute atomic E-state index is 12.6. The van der Waals surface area contributed by atoms with Gasteiger partial charge in [0.25, 0.3) is 0 Å². The molecule has 0 fully saturated rings. The van der Waals surface area contributed by atoms with Gasteiger partial charge in [-0.05, 0) is 19.1 Å². The van der Waals surface area contributed by atoms with Crippen molar-refractivity contribution in [1.29, 1.82) is 0 Å². The van der Waals surface area contributed by atoms with E-state index in [4.69, 9.17) is 0 Å². The molecule has 0 saturated heterocycles. The van der Waals surface area contributed by atoms with Gasteiger partial charge < -0.3 is 10.2 Å². The van der Waals surface area contributed by atoms with Crippen LogP contribution in [0.2, 0.25) is 0 Å². The summed E-state index contributed by atoms with van der Waals surface area (Å²) in [4.78, 5) is 28.2. The van der Waals surface area contributed by atoms with Crippen LogP contribution in [0.25, 0.3) is 5.82 Å². The highest BCUT2D eigenvalue weighted by Crippen LogP contribution is 2.29. The number of pyridine rings is 1. The fourth-order valence-corrected chi connectivity index (χ4v) is 1.82. The molecule has 2 amide bonds. The predicted octanol–water partition coefficient (Wildman–Crippen LogP) is 1.62. The SMILES string of the molecule is Cc1cc(NC(=O)C(=O)N(C)C)n(-c2ccc(C(F)(F)F)cn2)n1. The van der Waals surface area contributed by atoms with Gasteiger partial charge >= 0.3 is 18.0 Å². The van der Waals surface area contributed by atoms with Crippen LogP contribution in [0.5, 0.6) is 0 Å². The molecule has 10 heteroatoms. The van der Waals surface area contributed by atoms with E-state index in [0.29, 0.717) is 11.9 Å². The number of hydrogen-bond donors (Lipinski definition) is 1. The molecule has 0 aliphatic carbocycles. The summed E-state index contributed by atoms with van der Waals surface area (Å²) in [6.45, 7) is 1.63. The molecule has 0 bridgehead atoms. The summed E-state index contributed by atoms with van der Waals surface area (Å²) < 4.78 is 38.9. The lowest BCUT2D eigenvalue weighted by Crippen LogP contribution is -2.34. The second kappa shape index (κ2) is 6.30. The summed E-state index contributed by atoms with van der Waals surface area (Å²) in [5.74, 6) is -1.47. The summed E-state index contributed by atoms with van der Waals surface area (Å²) in [5.41, 5.74) is -0.409. The minimum absolute atomic E-state index is 0.0729. The highest BCUT2D eigenvalue weighted by atomic mass is 19.4. The molecule has 0 aromatic carbocycles. The molecular formula is C14H14F3N5O2. The number of rotatable bonds is 2. The summed E-state index contributed by atoms with van der Waals surface area (Å²) in [6.07, 6.45) is -3.83. The van der Waals surface area contributed by atoms with E-state index < -0.39 is 23.6 Å². The van der Waals surface area contributed by atoms with E-state index >= 15 is 0 Å². The van der Waals surface area contributed by atoms with Crippen molar-refractivity contribution in [3.63, 3.8) is 0 Å². The Labute approximate surface area is 135 Å². The van der Waals surface area contributed by atoms with Crippen LogP contribution in [-0.4, -0.2) is 45.6 Å². The van der Waals surface area contributed by atoms with E-state index in [1.54, 1.807) is 6.92 Å². The molecular weight excluding hydrogens is 327 g/mol. The number of anilines is 1. The third kappa shape index (κ3) is 3.70. The van der Waals surface area contributed by atoms with E-state index in [0.717, 1.165) is 21.7 Å². The van der Waals surface area contributed by atoms with Crippen LogP contribution in [0, 0.1) is 6.92 Å². The molecule has 2 heterocycles. The van der Waals surface area contributed by atoms with Gasteiger partial charge in [-0.1, -0.05) is 0 Å². The van der Waals surface area contributed by atoms with Gasteiger partial charge in [0.15, 0.2) is 5.82 Å². The van der Waals surface area contributed by atoms with Gasteiger partial charge in [-0.3, -0.25) is 9.59 Å². The lowest BCUT2D eigenvalue weighted by Gasteiger charge is -2.12. The van der Waals surface area contributed by atoms with E-state index in [2.05, 4.69) is 15.4 Å². The molecule has 7 nitrogen and oxygen atoms in total. The zero-order chi connectivity index (χ0) is 18.1. The topological polar surface area (TPSA) is 80.1 Å².